The van der Waals surface area contributed by atoms with Gasteiger partial charge in [-0.05, 0) is 37.1 Å². The molecule has 0 aliphatic carbocycles. The number of esters is 1. The summed E-state index contributed by atoms with van der Waals surface area (Å²) in [6.45, 7) is 3.79. The molecule has 2 heterocycles. The Bertz CT molecular complexity index is 1430. The van der Waals surface area contributed by atoms with Crippen molar-refractivity contribution in [1.29, 1.82) is 0 Å². The summed E-state index contributed by atoms with van der Waals surface area (Å²) in [4.78, 5) is 41.3. The first kappa shape index (κ1) is 20.5. The van der Waals surface area contributed by atoms with Gasteiger partial charge < -0.3 is 9.15 Å². The van der Waals surface area contributed by atoms with Crippen molar-refractivity contribution in [2.45, 2.75) is 33.3 Å². The summed E-state index contributed by atoms with van der Waals surface area (Å²) in [6, 6.07) is 12.3. The number of carbonyl (C=O) groups excluding carboxylic acids is 1. The highest BCUT2D eigenvalue weighted by molar-refractivity contribution is 5.84. The van der Waals surface area contributed by atoms with Crippen molar-refractivity contribution in [2.24, 2.45) is 7.05 Å². The van der Waals surface area contributed by atoms with Gasteiger partial charge in [-0.25, -0.2) is 9.78 Å². The van der Waals surface area contributed by atoms with Crippen LogP contribution in [-0.4, -0.2) is 15.5 Å². The van der Waals surface area contributed by atoms with E-state index in [0.29, 0.717) is 27.9 Å². The van der Waals surface area contributed by atoms with Crippen LogP contribution in [0.2, 0.25) is 0 Å². The number of hydrogen-bond donors (Lipinski definition) is 0. The molecule has 0 saturated heterocycles. The van der Waals surface area contributed by atoms with Crippen LogP contribution >= 0.6 is 0 Å². The van der Waals surface area contributed by atoms with E-state index in [9.17, 15) is 14.4 Å². The van der Waals surface area contributed by atoms with Gasteiger partial charge in [0.2, 0.25) is 0 Å². The molecule has 0 saturated carbocycles. The van der Waals surface area contributed by atoms with E-state index in [1.165, 1.54) is 10.6 Å². The monoisotopic (exact) mass is 418 g/mol. The molecule has 0 bridgehead atoms. The van der Waals surface area contributed by atoms with Crippen LogP contribution in [0.4, 0.5) is 0 Å². The number of para-hydroxylation sites is 1. The van der Waals surface area contributed by atoms with Crippen LogP contribution in [0.25, 0.3) is 21.9 Å². The maximum atomic E-state index is 12.5. The van der Waals surface area contributed by atoms with E-state index in [0.717, 1.165) is 16.5 Å². The van der Waals surface area contributed by atoms with Crippen molar-refractivity contribution in [3.05, 3.63) is 85.8 Å². The maximum Gasteiger partial charge on any atom is 0.336 e. The number of fused-ring (bicyclic) bond motifs is 2. The smallest absolute Gasteiger partial charge is 0.336 e. The number of nitrogens with zero attached hydrogens (tertiary/aromatic N) is 2. The summed E-state index contributed by atoms with van der Waals surface area (Å²) in [5, 5.41) is 1.28. The van der Waals surface area contributed by atoms with Crippen molar-refractivity contribution in [1.82, 2.24) is 9.55 Å². The normalized spacial score (nSPS) is 11.2. The lowest BCUT2D eigenvalue weighted by atomic mass is 10.0. The van der Waals surface area contributed by atoms with Gasteiger partial charge in [-0.15, -0.1) is 0 Å². The van der Waals surface area contributed by atoms with Crippen LogP contribution < -0.4 is 11.2 Å². The Morgan fingerprint density at radius 2 is 1.87 bits per heavy atom. The minimum atomic E-state index is -0.484. The Morgan fingerprint density at radius 3 is 2.68 bits per heavy atom. The number of aromatic nitrogens is 2. The minimum Gasteiger partial charge on any atom is -0.461 e. The van der Waals surface area contributed by atoms with Crippen LogP contribution in [-0.2, 0) is 29.6 Å². The number of benzene rings is 2. The molecule has 7 heteroatoms. The van der Waals surface area contributed by atoms with Gasteiger partial charge in [0.15, 0.2) is 0 Å². The molecular weight excluding hydrogens is 396 g/mol. The molecule has 2 aromatic carbocycles. The fraction of sp³-hybridized carbons (Fsp3) is 0.250. The first-order chi connectivity index (χ1) is 14.8. The Kier molecular flexibility index (Phi) is 5.42. The molecule has 0 radical (unpaired) electrons. The summed E-state index contributed by atoms with van der Waals surface area (Å²) in [6.07, 6.45) is 0.335. The van der Waals surface area contributed by atoms with E-state index >= 15 is 0 Å². The molecule has 0 spiro atoms. The first-order valence-corrected chi connectivity index (χ1v) is 9.98. The van der Waals surface area contributed by atoms with E-state index in [-0.39, 0.29) is 25.0 Å². The third kappa shape index (κ3) is 3.99. The summed E-state index contributed by atoms with van der Waals surface area (Å²) >= 11 is 0. The molecule has 0 atom stereocenters. The highest BCUT2D eigenvalue weighted by Gasteiger charge is 2.13. The number of ether oxygens (including phenoxy) is 1. The number of hydrogen-bond acceptors (Lipinski definition) is 6. The van der Waals surface area contributed by atoms with Gasteiger partial charge in [0, 0.05) is 30.5 Å². The van der Waals surface area contributed by atoms with Crippen molar-refractivity contribution in [2.75, 3.05) is 0 Å². The Morgan fingerprint density at radius 1 is 1.10 bits per heavy atom. The van der Waals surface area contributed by atoms with Gasteiger partial charge in [0.1, 0.15) is 18.0 Å². The topological polar surface area (TPSA) is 91.4 Å². The Labute approximate surface area is 177 Å². The summed E-state index contributed by atoms with van der Waals surface area (Å²) in [5.41, 5.74) is 2.96. The van der Waals surface area contributed by atoms with Crippen LogP contribution in [0.5, 0.6) is 0 Å². The third-order valence-corrected chi connectivity index (χ3v) is 5.53. The van der Waals surface area contributed by atoms with Crippen molar-refractivity contribution in [3.8, 4) is 0 Å². The van der Waals surface area contributed by atoms with Crippen molar-refractivity contribution in [3.63, 3.8) is 0 Å². The number of carbonyl (C=O) groups is 1. The molecule has 2 aromatic heterocycles. The van der Waals surface area contributed by atoms with E-state index < -0.39 is 11.6 Å². The largest absolute Gasteiger partial charge is 0.461 e. The molecular formula is C24H22N2O5. The fourth-order valence-electron chi connectivity index (χ4n) is 3.58. The average molecular weight is 418 g/mol. The van der Waals surface area contributed by atoms with Crippen molar-refractivity contribution >= 4 is 27.8 Å². The van der Waals surface area contributed by atoms with Crippen LogP contribution in [0, 0.1) is 13.8 Å². The van der Waals surface area contributed by atoms with E-state index in [4.69, 9.17) is 9.15 Å². The van der Waals surface area contributed by atoms with E-state index in [2.05, 4.69) is 4.98 Å². The van der Waals surface area contributed by atoms with Gasteiger partial charge in [0.25, 0.3) is 5.56 Å². The second-order valence-electron chi connectivity index (χ2n) is 7.54. The summed E-state index contributed by atoms with van der Waals surface area (Å²) in [5.74, 6) is 0.0742. The molecule has 31 heavy (non-hydrogen) atoms. The predicted octanol–water partition coefficient (Wildman–Crippen LogP) is 3.33. The zero-order valence-corrected chi connectivity index (χ0v) is 17.6. The molecule has 7 nitrogen and oxygen atoms in total. The third-order valence-electron chi connectivity index (χ3n) is 5.53. The second kappa shape index (κ2) is 8.18. The molecule has 0 amide bonds. The molecule has 4 rings (SSSR count). The van der Waals surface area contributed by atoms with E-state index in [1.807, 2.05) is 32.0 Å². The van der Waals surface area contributed by atoms with E-state index in [1.54, 1.807) is 25.2 Å². The maximum absolute atomic E-state index is 12.5. The number of aryl methyl sites for hydroxylation is 3. The highest BCUT2D eigenvalue weighted by Crippen LogP contribution is 2.23. The van der Waals surface area contributed by atoms with Crippen molar-refractivity contribution < 1.29 is 13.9 Å². The molecule has 158 valence electrons. The van der Waals surface area contributed by atoms with Gasteiger partial charge in [-0.1, -0.05) is 24.3 Å². The second-order valence-corrected chi connectivity index (χ2v) is 7.54. The van der Waals surface area contributed by atoms with Crippen LogP contribution in [0.1, 0.15) is 28.9 Å². The molecule has 0 N–H and O–H groups in total. The first-order valence-electron chi connectivity index (χ1n) is 9.98. The molecule has 0 aliphatic heterocycles. The predicted molar refractivity (Wildman–Crippen MR) is 117 cm³/mol. The summed E-state index contributed by atoms with van der Waals surface area (Å²) < 4.78 is 12.2. The number of rotatable bonds is 5. The lowest BCUT2D eigenvalue weighted by Gasteiger charge is -2.11. The zero-order valence-electron chi connectivity index (χ0n) is 17.6. The molecule has 0 aliphatic rings. The zero-order chi connectivity index (χ0) is 22.1. The summed E-state index contributed by atoms with van der Waals surface area (Å²) in [7, 11) is 1.64. The molecule has 4 aromatic rings. The lowest BCUT2D eigenvalue weighted by molar-refractivity contribution is -0.144. The van der Waals surface area contributed by atoms with Gasteiger partial charge in [-0.2, -0.15) is 0 Å². The molecule has 0 fully saturated rings. The average Bonchev–Trinajstić information content (AvgIpc) is 2.76. The molecule has 0 unspecified atom stereocenters. The lowest BCUT2D eigenvalue weighted by Crippen LogP contribution is -2.23. The highest BCUT2D eigenvalue weighted by atomic mass is 16.5. The standard InChI is InChI=1S/C24H22N2O5/c1-14-8-9-17-16(12-22(28)31-23(17)15(14)2)13-30-21(27)11-10-20-25-19-7-5-4-6-18(19)24(29)26(20)3/h4-9,12H,10-11,13H2,1-3H3. The van der Waals surface area contributed by atoms with Gasteiger partial charge in [0.05, 0.1) is 17.3 Å². The van der Waals surface area contributed by atoms with Gasteiger partial charge in [-0.3, -0.25) is 14.2 Å². The Balaban J connectivity index is 1.49. The van der Waals surface area contributed by atoms with Crippen LogP contribution in [0.15, 0.2) is 56.5 Å². The fourth-order valence-corrected chi connectivity index (χ4v) is 3.58. The quantitative estimate of drug-likeness (QED) is 0.365. The van der Waals surface area contributed by atoms with Crippen LogP contribution in [0.3, 0.4) is 0 Å². The van der Waals surface area contributed by atoms with Gasteiger partial charge >= 0.3 is 11.6 Å². The minimum absolute atomic E-state index is 0.0342. The Hall–Kier alpha value is -3.74. The SMILES string of the molecule is Cc1ccc2c(COC(=O)CCc3nc4ccccc4c(=O)n3C)cc(=O)oc2c1C.